The van der Waals surface area contributed by atoms with Crippen LogP contribution in [0.4, 0.5) is 15.8 Å². The minimum absolute atomic E-state index is 0.102. The number of aliphatic carboxylic acids is 1. The fraction of sp³-hybridized carbons (Fsp3) is 0.364. The number of rotatable bonds is 3. The summed E-state index contributed by atoms with van der Waals surface area (Å²) in [6, 6.07) is 2.48. The van der Waals surface area contributed by atoms with Gasteiger partial charge in [0.1, 0.15) is 6.04 Å². The van der Waals surface area contributed by atoms with Crippen LogP contribution in [0.1, 0.15) is 12.8 Å². The third kappa shape index (κ3) is 2.11. The molecule has 1 aliphatic heterocycles. The van der Waals surface area contributed by atoms with E-state index in [1.807, 2.05) is 0 Å². The molecule has 0 aliphatic carbocycles. The molecule has 7 heteroatoms. The number of nitro benzene ring substituents is 1. The Morgan fingerprint density at radius 3 is 2.83 bits per heavy atom. The van der Waals surface area contributed by atoms with Gasteiger partial charge in [-0.3, -0.25) is 10.1 Å². The van der Waals surface area contributed by atoms with Crippen LogP contribution in [-0.4, -0.2) is 28.6 Å². The Morgan fingerprint density at radius 2 is 2.28 bits per heavy atom. The van der Waals surface area contributed by atoms with Gasteiger partial charge in [-0.15, -0.1) is 0 Å². The van der Waals surface area contributed by atoms with E-state index in [1.54, 1.807) is 0 Å². The number of hydrogen-bond donors (Lipinski definition) is 1. The number of carboxylic acid groups (broad SMARTS) is 1. The van der Waals surface area contributed by atoms with Gasteiger partial charge < -0.3 is 10.0 Å². The van der Waals surface area contributed by atoms with Crippen molar-refractivity contribution in [2.45, 2.75) is 18.9 Å². The van der Waals surface area contributed by atoms with Gasteiger partial charge in [0.25, 0.3) is 5.69 Å². The molecular weight excluding hydrogens is 243 g/mol. The van der Waals surface area contributed by atoms with Crippen LogP contribution in [0, 0.1) is 15.9 Å². The van der Waals surface area contributed by atoms with Crippen LogP contribution in [0.2, 0.25) is 0 Å². The molecule has 1 saturated heterocycles. The lowest BCUT2D eigenvalue weighted by atomic mass is 10.2. The van der Waals surface area contributed by atoms with Crippen molar-refractivity contribution in [3.8, 4) is 0 Å². The second-order valence-electron chi connectivity index (χ2n) is 4.08. The van der Waals surface area contributed by atoms with Crippen LogP contribution < -0.4 is 4.90 Å². The van der Waals surface area contributed by atoms with Crippen LogP contribution in [-0.2, 0) is 4.79 Å². The first-order valence-electron chi connectivity index (χ1n) is 5.44. The summed E-state index contributed by atoms with van der Waals surface area (Å²) in [4.78, 5) is 22.2. The second kappa shape index (κ2) is 4.59. The van der Waals surface area contributed by atoms with E-state index in [9.17, 15) is 19.3 Å². The minimum Gasteiger partial charge on any atom is -0.480 e. The topological polar surface area (TPSA) is 83.7 Å². The summed E-state index contributed by atoms with van der Waals surface area (Å²) in [5.41, 5.74) is -0.243. The summed E-state index contributed by atoms with van der Waals surface area (Å²) in [7, 11) is 0. The van der Waals surface area contributed by atoms with Crippen LogP contribution in [0.5, 0.6) is 0 Å². The maximum absolute atomic E-state index is 13.8. The molecule has 0 unspecified atom stereocenters. The Morgan fingerprint density at radius 1 is 1.56 bits per heavy atom. The molecule has 1 aromatic rings. The summed E-state index contributed by atoms with van der Waals surface area (Å²) in [5.74, 6) is -1.78. The summed E-state index contributed by atoms with van der Waals surface area (Å²) < 4.78 is 13.8. The molecule has 1 aromatic carbocycles. The molecule has 0 saturated carbocycles. The van der Waals surface area contributed by atoms with Crippen LogP contribution in [0.15, 0.2) is 18.2 Å². The molecule has 1 fully saturated rings. The van der Waals surface area contributed by atoms with Crippen molar-refractivity contribution in [3.05, 3.63) is 34.1 Å². The highest BCUT2D eigenvalue weighted by Gasteiger charge is 2.32. The maximum Gasteiger partial charge on any atom is 0.326 e. The molecule has 0 aromatic heterocycles. The molecule has 6 nitrogen and oxygen atoms in total. The first kappa shape index (κ1) is 12.3. The van der Waals surface area contributed by atoms with Crippen molar-refractivity contribution >= 4 is 17.3 Å². The lowest BCUT2D eigenvalue weighted by Crippen LogP contribution is -2.36. The second-order valence-corrected chi connectivity index (χ2v) is 4.08. The smallest absolute Gasteiger partial charge is 0.326 e. The van der Waals surface area contributed by atoms with E-state index in [0.717, 1.165) is 6.07 Å². The Labute approximate surface area is 102 Å². The number of carboxylic acids is 1. The average Bonchev–Trinajstić information content (AvgIpc) is 2.77. The third-order valence-corrected chi connectivity index (χ3v) is 2.99. The number of benzene rings is 1. The molecule has 1 aliphatic rings. The summed E-state index contributed by atoms with van der Waals surface area (Å²) in [6.45, 7) is 0.436. The normalized spacial score (nSPS) is 18.9. The Hall–Kier alpha value is -2.18. The Balaban J connectivity index is 2.33. The molecule has 96 valence electrons. The average molecular weight is 254 g/mol. The standard InChI is InChI=1S/C11H11FN2O4/c12-8-6-7(14(17)18)3-4-9(8)13-5-1-2-10(13)11(15)16/h3-4,6,10H,1-2,5H2,(H,15,16)/t10-/m0/s1. The number of nitro groups is 1. The van der Waals surface area contributed by atoms with E-state index in [4.69, 9.17) is 5.11 Å². The lowest BCUT2D eigenvalue weighted by Gasteiger charge is -2.23. The molecule has 0 bridgehead atoms. The maximum atomic E-state index is 13.8. The van der Waals surface area contributed by atoms with E-state index in [-0.39, 0.29) is 11.4 Å². The van der Waals surface area contributed by atoms with Gasteiger partial charge in [0.2, 0.25) is 0 Å². The quantitative estimate of drug-likeness (QED) is 0.656. The van der Waals surface area contributed by atoms with E-state index < -0.39 is 22.8 Å². The van der Waals surface area contributed by atoms with Gasteiger partial charge in [0.05, 0.1) is 16.7 Å². The zero-order valence-electron chi connectivity index (χ0n) is 9.38. The lowest BCUT2D eigenvalue weighted by molar-refractivity contribution is -0.385. The van der Waals surface area contributed by atoms with Gasteiger partial charge in [-0.25, -0.2) is 9.18 Å². The van der Waals surface area contributed by atoms with Gasteiger partial charge in [-0.05, 0) is 18.9 Å². The molecule has 0 radical (unpaired) electrons. The molecule has 1 atom stereocenters. The van der Waals surface area contributed by atoms with E-state index in [1.165, 1.54) is 17.0 Å². The Bertz CT molecular complexity index is 506. The van der Waals surface area contributed by atoms with Crippen molar-refractivity contribution in [2.24, 2.45) is 0 Å². The zero-order valence-corrected chi connectivity index (χ0v) is 9.38. The van der Waals surface area contributed by atoms with Gasteiger partial charge in [-0.2, -0.15) is 0 Å². The van der Waals surface area contributed by atoms with Crippen molar-refractivity contribution in [1.29, 1.82) is 0 Å². The van der Waals surface area contributed by atoms with Gasteiger partial charge >= 0.3 is 5.97 Å². The Kier molecular flexibility index (Phi) is 3.14. The third-order valence-electron chi connectivity index (χ3n) is 2.99. The zero-order chi connectivity index (χ0) is 13.3. The molecular formula is C11H11FN2O4. The molecule has 2 rings (SSSR count). The number of halogens is 1. The highest BCUT2D eigenvalue weighted by molar-refractivity contribution is 5.79. The fourth-order valence-corrected chi connectivity index (χ4v) is 2.15. The van der Waals surface area contributed by atoms with E-state index in [0.29, 0.717) is 19.4 Å². The molecule has 0 amide bonds. The highest BCUT2D eigenvalue weighted by atomic mass is 19.1. The van der Waals surface area contributed by atoms with E-state index >= 15 is 0 Å². The van der Waals surface area contributed by atoms with Crippen molar-refractivity contribution in [1.82, 2.24) is 0 Å². The molecule has 18 heavy (non-hydrogen) atoms. The first-order chi connectivity index (χ1) is 8.50. The largest absolute Gasteiger partial charge is 0.480 e. The summed E-state index contributed by atoms with van der Waals surface area (Å²) in [5, 5.41) is 19.5. The minimum atomic E-state index is -1.01. The van der Waals surface area contributed by atoms with Crippen molar-refractivity contribution < 1.29 is 19.2 Å². The predicted octanol–water partition coefficient (Wildman–Crippen LogP) is 1.79. The van der Waals surface area contributed by atoms with Crippen LogP contribution in [0.3, 0.4) is 0 Å². The van der Waals surface area contributed by atoms with Crippen LogP contribution >= 0.6 is 0 Å². The number of non-ortho nitro benzene ring substituents is 1. The van der Waals surface area contributed by atoms with E-state index in [2.05, 4.69) is 0 Å². The predicted molar refractivity (Wildman–Crippen MR) is 61.1 cm³/mol. The first-order valence-corrected chi connectivity index (χ1v) is 5.44. The summed E-state index contributed by atoms with van der Waals surface area (Å²) in [6.07, 6.45) is 1.11. The highest BCUT2D eigenvalue weighted by Crippen LogP contribution is 2.30. The molecule has 1 heterocycles. The molecule has 1 N–H and O–H groups in total. The number of hydrogen-bond acceptors (Lipinski definition) is 4. The van der Waals surface area contributed by atoms with Gasteiger partial charge in [0, 0.05) is 12.6 Å². The van der Waals surface area contributed by atoms with Crippen molar-refractivity contribution in [2.75, 3.05) is 11.4 Å². The number of carbonyl (C=O) groups is 1. The molecule has 0 spiro atoms. The SMILES string of the molecule is O=C(O)[C@@H]1CCCN1c1ccc([N+](=O)[O-])cc1F. The monoisotopic (exact) mass is 254 g/mol. The number of anilines is 1. The number of nitrogens with zero attached hydrogens (tertiary/aromatic N) is 2. The summed E-state index contributed by atoms with van der Waals surface area (Å²) >= 11 is 0. The van der Waals surface area contributed by atoms with Gasteiger partial charge in [-0.1, -0.05) is 0 Å². The fourth-order valence-electron chi connectivity index (χ4n) is 2.15. The van der Waals surface area contributed by atoms with Crippen LogP contribution in [0.25, 0.3) is 0 Å². The van der Waals surface area contributed by atoms with Crippen molar-refractivity contribution in [3.63, 3.8) is 0 Å². The van der Waals surface area contributed by atoms with Gasteiger partial charge in [0.15, 0.2) is 5.82 Å².